The molecule has 0 aliphatic carbocycles. The molecule has 1 aromatic carbocycles. The predicted octanol–water partition coefficient (Wildman–Crippen LogP) is 3.14. The van der Waals surface area contributed by atoms with Crippen molar-refractivity contribution in [3.05, 3.63) is 29.1 Å². The summed E-state index contributed by atoms with van der Waals surface area (Å²) in [6.45, 7) is 3.41. The lowest BCUT2D eigenvalue weighted by Gasteiger charge is -2.17. The van der Waals surface area contributed by atoms with Gasteiger partial charge in [-0.3, -0.25) is 0 Å². The molecular weight excluding hydrogens is 376 g/mol. The minimum Gasteiger partial charge on any atom is -0.347 e. The molecule has 0 amide bonds. The number of hydrogen-bond acceptors (Lipinski definition) is 5. The zero-order chi connectivity index (χ0) is 19.9. The van der Waals surface area contributed by atoms with E-state index < -0.39 is 27.1 Å². The summed E-state index contributed by atoms with van der Waals surface area (Å²) in [7, 11) is -2.11. The number of hydrogen-bond donors (Lipinski definition) is 0. The summed E-state index contributed by atoms with van der Waals surface area (Å²) in [5.41, 5.74) is 0.805. The molecule has 0 radical (unpaired) electrons. The summed E-state index contributed by atoms with van der Waals surface area (Å²) in [5, 5.41) is 3.48. The monoisotopic (exact) mass is 394 g/mol. The zero-order valence-corrected chi connectivity index (χ0v) is 15.4. The van der Waals surface area contributed by atoms with Crippen molar-refractivity contribution < 1.29 is 25.5 Å². The lowest BCUT2D eigenvalue weighted by atomic mass is 10.0. The summed E-state index contributed by atoms with van der Waals surface area (Å²) in [4.78, 5) is 4.20. The Morgan fingerprint density at radius 3 is 2.12 bits per heavy atom. The van der Waals surface area contributed by atoms with E-state index in [1.807, 2.05) is 0 Å². The second-order valence-electron chi connectivity index (χ2n) is 5.77. The van der Waals surface area contributed by atoms with Gasteiger partial charge in [-0.2, -0.15) is 31.3 Å². The summed E-state index contributed by atoms with van der Waals surface area (Å²) in [6, 6.07) is 2.48. The Kier molecular flexibility index (Phi) is 5.31. The number of alkyl halides is 3. The zero-order valence-electron chi connectivity index (χ0n) is 14.6. The van der Waals surface area contributed by atoms with Gasteiger partial charge in [-0.05, 0) is 30.0 Å². The molecular formula is C15H18F4N4O2S. The topological polar surface area (TPSA) is 68.1 Å². The summed E-state index contributed by atoms with van der Waals surface area (Å²) >= 11 is 0. The minimum atomic E-state index is -5.05. The van der Waals surface area contributed by atoms with Gasteiger partial charge in [0, 0.05) is 14.1 Å². The standard InChI is InChI=1S/C15H18F4N4O2S/c1-5-9-7-10(6-2)12(26(19,24)25)8-11(9)23-14(22(3)4)20-13(21-23)15(16,17)18/h7-8H,5-6H2,1-4H3. The highest BCUT2D eigenvalue weighted by Crippen LogP contribution is 2.32. The first-order valence-corrected chi connectivity index (χ1v) is 9.10. The Morgan fingerprint density at radius 2 is 1.69 bits per heavy atom. The van der Waals surface area contributed by atoms with Crippen molar-refractivity contribution in [3.8, 4) is 5.69 Å². The minimum absolute atomic E-state index is 0.0348. The fourth-order valence-corrected chi connectivity index (χ4v) is 3.29. The van der Waals surface area contributed by atoms with Crippen LogP contribution in [0.25, 0.3) is 5.69 Å². The molecule has 0 N–H and O–H groups in total. The van der Waals surface area contributed by atoms with E-state index in [1.54, 1.807) is 13.8 Å². The number of aryl methyl sites for hydroxylation is 2. The Bertz CT molecular complexity index is 920. The van der Waals surface area contributed by atoms with E-state index in [9.17, 15) is 25.5 Å². The third-order valence-corrected chi connectivity index (χ3v) is 4.66. The molecule has 2 rings (SSSR count). The maximum atomic E-state index is 13.7. The molecule has 0 aliphatic rings. The van der Waals surface area contributed by atoms with Crippen LogP contribution in [0, 0.1) is 0 Å². The molecule has 0 bridgehead atoms. The smallest absolute Gasteiger partial charge is 0.347 e. The number of benzene rings is 1. The fraction of sp³-hybridized carbons (Fsp3) is 0.467. The molecule has 11 heteroatoms. The van der Waals surface area contributed by atoms with Gasteiger partial charge in [0.1, 0.15) is 4.90 Å². The van der Waals surface area contributed by atoms with Crippen LogP contribution < -0.4 is 4.90 Å². The second kappa shape index (κ2) is 6.86. The number of anilines is 1. The van der Waals surface area contributed by atoms with E-state index in [-0.39, 0.29) is 23.6 Å². The summed E-state index contributed by atoms with van der Waals surface area (Å²) in [6.07, 6.45) is -4.15. The van der Waals surface area contributed by atoms with Crippen LogP contribution in [0.1, 0.15) is 30.8 Å². The molecule has 0 saturated carbocycles. The van der Waals surface area contributed by atoms with Gasteiger partial charge < -0.3 is 4.90 Å². The van der Waals surface area contributed by atoms with Gasteiger partial charge in [0.25, 0.3) is 5.82 Å². The first-order chi connectivity index (χ1) is 11.9. The van der Waals surface area contributed by atoms with Gasteiger partial charge in [0.2, 0.25) is 5.95 Å². The number of halogens is 4. The Morgan fingerprint density at radius 1 is 1.12 bits per heavy atom. The number of nitrogens with zero attached hydrogens (tertiary/aromatic N) is 4. The highest BCUT2D eigenvalue weighted by molar-refractivity contribution is 7.86. The highest BCUT2D eigenvalue weighted by atomic mass is 32.3. The maximum absolute atomic E-state index is 13.7. The Hall–Kier alpha value is -2.17. The second-order valence-corrected chi connectivity index (χ2v) is 7.09. The average molecular weight is 394 g/mol. The Balaban J connectivity index is 2.85. The molecule has 2 aromatic rings. The van der Waals surface area contributed by atoms with Gasteiger partial charge >= 0.3 is 16.4 Å². The van der Waals surface area contributed by atoms with E-state index in [0.29, 0.717) is 12.0 Å². The molecule has 0 atom stereocenters. The number of aromatic nitrogens is 3. The van der Waals surface area contributed by atoms with Crippen molar-refractivity contribution in [1.29, 1.82) is 0 Å². The van der Waals surface area contributed by atoms with E-state index in [0.717, 1.165) is 10.7 Å². The number of rotatable bonds is 5. The molecule has 26 heavy (non-hydrogen) atoms. The summed E-state index contributed by atoms with van der Waals surface area (Å²) < 4.78 is 76.6. The van der Waals surface area contributed by atoms with Crippen molar-refractivity contribution in [1.82, 2.24) is 14.8 Å². The van der Waals surface area contributed by atoms with Crippen LogP contribution in [0.15, 0.2) is 17.0 Å². The molecule has 6 nitrogen and oxygen atoms in total. The van der Waals surface area contributed by atoms with Crippen LogP contribution in [-0.4, -0.2) is 37.3 Å². The highest BCUT2D eigenvalue weighted by Gasteiger charge is 2.38. The molecule has 1 aromatic heterocycles. The maximum Gasteiger partial charge on any atom is 0.453 e. The van der Waals surface area contributed by atoms with Crippen LogP contribution >= 0.6 is 0 Å². The van der Waals surface area contributed by atoms with Crippen molar-refractivity contribution in [3.63, 3.8) is 0 Å². The normalized spacial score (nSPS) is 12.5. The van der Waals surface area contributed by atoms with Gasteiger partial charge in [0.15, 0.2) is 0 Å². The van der Waals surface area contributed by atoms with E-state index in [4.69, 9.17) is 0 Å². The van der Waals surface area contributed by atoms with Crippen LogP contribution in [-0.2, 0) is 29.2 Å². The van der Waals surface area contributed by atoms with Crippen LogP contribution in [0.5, 0.6) is 0 Å². The molecule has 144 valence electrons. The van der Waals surface area contributed by atoms with Crippen LogP contribution in [0.2, 0.25) is 0 Å². The lowest BCUT2D eigenvalue weighted by molar-refractivity contribution is -0.144. The molecule has 1 heterocycles. The van der Waals surface area contributed by atoms with E-state index >= 15 is 0 Å². The predicted molar refractivity (Wildman–Crippen MR) is 87.7 cm³/mol. The van der Waals surface area contributed by atoms with Crippen LogP contribution in [0.4, 0.5) is 23.0 Å². The quantitative estimate of drug-likeness (QED) is 0.576. The Labute approximate surface area is 148 Å². The van der Waals surface area contributed by atoms with Gasteiger partial charge in [-0.15, -0.1) is 8.98 Å². The van der Waals surface area contributed by atoms with E-state index in [2.05, 4.69) is 10.1 Å². The summed E-state index contributed by atoms with van der Waals surface area (Å²) in [5.74, 6) is -1.52. The molecule has 0 saturated heterocycles. The van der Waals surface area contributed by atoms with Crippen molar-refractivity contribution in [2.75, 3.05) is 19.0 Å². The van der Waals surface area contributed by atoms with Crippen molar-refractivity contribution in [2.24, 2.45) is 0 Å². The van der Waals surface area contributed by atoms with Crippen molar-refractivity contribution in [2.45, 2.75) is 37.8 Å². The molecule has 0 spiro atoms. The molecule has 0 unspecified atom stereocenters. The average Bonchev–Trinajstić information content (AvgIpc) is 2.98. The third-order valence-electron chi connectivity index (χ3n) is 3.76. The van der Waals surface area contributed by atoms with Gasteiger partial charge in [-0.1, -0.05) is 19.9 Å². The molecule has 0 aliphatic heterocycles. The SMILES string of the molecule is CCc1cc(CC)c(S(=O)(=O)F)cc1-n1nc(C(F)(F)F)nc1N(C)C. The fourth-order valence-electron chi connectivity index (χ4n) is 2.52. The van der Waals surface area contributed by atoms with Gasteiger partial charge in [0.05, 0.1) is 5.69 Å². The lowest BCUT2D eigenvalue weighted by Crippen LogP contribution is -2.16. The van der Waals surface area contributed by atoms with Gasteiger partial charge in [-0.25, -0.2) is 0 Å². The molecule has 0 fully saturated rings. The largest absolute Gasteiger partial charge is 0.453 e. The first kappa shape index (κ1) is 20.1. The van der Waals surface area contributed by atoms with E-state index in [1.165, 1.54) is 25.1 Å². The third kappa shape index (κ3) is 3.81. The van der Waals surface area contributed by atoms with Crippen LogP contribution in [0.3, 0.4) is 0 Å². The van der Waals surface area contributed by atoms with Crippen molar-refractivity contribution >= 4 is 16.2 Å². The first-order valence-electron chi connectivity index (χ1n) is 7.72.